The first-order valence-electron chi connectivity index (χ1n) is 6.84. The molecule has 21 heavy (non-hydrogen) atoms. The van der Waals surface area contributed by atoms with Crippen LogP contribution in [0, 0.1) is 0 Å². The number of nitrogens with two attached hydrogens (primary N) is 2. The van der Waals surface area contributed by atoms with Crippen molar-refractivity contribution < 1.29 is 4.79 Å². The second kappa shape index (κ2) is 5.48. The van der Waals surface area contributed by atoms with Gasteiger partial charge >= 0.3 is 0 Å². The summed E-state index contributed by atoms with van der Waals surface area (Å²) >= 11 is 0. The van der Waals surface area contributed by atoms with Gasteiger partial charge in [-0.3, -0.25) is 4.79 Å². The first kappa shape index (κ1) is 14.9. The predicted molar refractivity (Wildman–Crippen MR) is 88.4 cm³/mol. The number of carbonyl (C=O) groups excluding carboxylic acids is 1. The molecule has 0 aliphatic heterocycles. The van der Waals surface area contributed by atoms with E-state index in [-0.39, 0.29) is 11.3 Å². The quantitative estimate of drug-likeness (QED) is 0.739. The van der Waals surface area contributed by atoms with Gasteiger partial charge < -0.3 is 16.8 Å². The molecule has 110 valence electrons. The van der Waals surface area contributed by atoms with Crippen LogP contribution in [0.2, 0.25) is 0 Å². The molecule has 0 unspecified atom stereocenters. The van der Waals surface area contributed by atoms with Crippen molar-refractivity contribution in [3.05, 3.63) is 53.6 Å². The summed E-state index contributed by atoms with van der Waals surface area (Å²) in [5.74, 6) is -0.217. The van der Waals surface area contributed by atoms with Gasteiger partial charge in [-0.2, -0.15) is 0 Å². The number of anilines is 3. The highest BCUT2D eigenvalue weighted by molar-refractivity contribution is 6.05. The fourth-order valence-corrected chi connectivity index (χ4v) is 2.25. The minimum atomic E-state index is -0.217. The van der Waals surface area contributed by atoms with E-state index in [9.17, 15) is 4.79 Å². The molecule has 0 aliphatic rings. The van der Waals surface area contributed by atoms with Crippen molar-refractivity contribution in [2.45, 2.75) is 26.2 Å². The molecule has 4 heteroatoms. The maximum Gasteiger partial charge on any atom is 0.255 e. The van der Waals surface area contributed by atoms with Crippen molar-refractivity contribution in [1.29, 1.82) is 0 Å². The first-order chi connectivity index (χ1) is 9.77. The van der Waals surface area contributed by atoms with Gasteiger partial charge in [0.25, 0.3) is 5.91 Å². The molecule has 0 heterocycles. The van der Waals surface area contributed by atoms with Crippen molar-refractivity contribution in [2.24, 2.45) is 0 Å². The fourth-order valence-electron chi connectivity index (χ4n) is 2.25. The Kier molecular flexibility index (Phi) is 3.89. The number of nitrogen functional groups attached to an aromatic ring is 2. The fraction of sp³-hybridized carbons (Fsp3) is 0.235. The molecule has 2 aromatic rings. The molecule has 0 radical (unpaired) electrons. The zero-order valence-corrected chi connectivity index (χ0v) is 12.6. The third-order valence-electron chi connectivity index (χ3n) is 3.22. The molecule has 2 rings (SSSR count). The van der Waals surface area contributed by atoms with Crippen molar-refractivity contribution in [3.8, 4) is 0 Å². The van der Waals surface area contributed by atoms with Crippen LogP contribution in [-0.2, 0) is 5.41 Å². The Labute approximate surface area is 125 Å². The normalized spacial score (nSPS) is 11.2. The van der Waals surface area contributed by atoms with Crippen LogP contribution in [0.15, 0.2) is 42.5 Å². The summed E-state index contributed by atoms with van der Waals surface area (Å²) in [6.45, 7) is 6.32. The zero-order valence-electron chi connectivity index (χ0n) is 12.6. The number of amides is 1. The summed E-state index contributed by atoms with van der Waals surface area (Å²) < 4.78 is 0. The molecule has 0 saturated carbocycles. The van der Waals surface area contributed by atoms with Crippen LogP contribution in [0.5, 0.6) is 0 Å². The monoisotopic (exact) mass is 283 g/mol. The number of rotatable bonds is 2. The van der Waals surface area contributed by atoms with Crippen molar-refractivity contribution >= 4 is 23.0 Å². The molecule has 0 spiro atoms. The van der Waals surface area contributed by atoms with E-state index in [1.807, 2.05) is 24.3 Å². The van der Waals surface area contributed by atoms with E-state index in [4.69, 9.17) is 11.5 Å². The van der Waals surface area contributed by atoms with Gasteiger partial charge in [0.05, 0.1) is 0 Å². The summed E-state index contributed by atoms with van der Waals surface area (Å²) in [5, 5.41) is 2.94. The molecule has 0 aromatic heterocycles. The van der Waals surface area contributed by atoms with E-state index < -0.39 is 0 Å². The second-order valence-electron chi connectivity index (χ2n) is 6.14. The molecule has 0 aliphatic carbocycles. The lowest BCUT2D eigenvalue weighted by atomic mass is 9.86. The Morgan fingerprint density at radius 2 is 1.57 bits per heavy atom. The standard InChI is InChI=1S/C17H21N3O/c1-17(2,3)14-6-4-5-7-15(14)20-16(21)11-8-12(18)10-13(19)9-11/h4-10H,18-19H2,1-3H3,(H,20,21). The molecule has 1 amide bonds. The average molecular weight is 283 g/mol. The lowest BCUT2D eigenvalue weighted by molar-refractivity contribution is 0.102. The first-order valence-corrected chi connectivity index (χ1v) is 6.84. The van der Waals surface area contributed by atoms with Crippen LogP contribution in [-0.4, -0.2) is 5.91 Å². The molecular formula is C17H21N3O. The molecule has 0 bridgehead atoms. The molecule has 0 fully saturated rings. The second-order valence-corrected chi connectivity index (χ2v) is 6.14. The van der Waals surface area contributed by atoms with Gasteiger partial charge in [0.15, 0.2) is 0 Å². The van der Waals surface area contributed by atoms with E-state index in [1.165, 1.54) is 0 Å². The van der Waals surface area contributed by atoms with Gasteiger partial charge in [-0.15, -0.1) is 0 Å². The predicted octanol–water partition coefficient (Wildman–Crippen LogP) is 3.40. The summed E-state index contributed by atoms with van der Waals surface area (Å²) in [5.41, 5.74) is 14.7. The smallest absolute Gasteiger partial charge is 0.255 e. The van der Waals surface area contributed by atoms with Crippen LogP contribution >= 0.6 is 0 Å². The highest BCUT2D eigenvalue weighted by Gasteiger charge is 2.19. The number of para-hydroxylation sites is 1. The summed E-state index contributed by atoms with van der Waals surface area (Å²) in [4.78, 5) is 12.4. The van der Waals surface area contributed by atoms with Crippen LogP contribution in [0.3, 0.4) is 0 Å². The molecule has 0 atom stereocenters. The van der Waals surface area contributed by atoms with E-state index in [2.05, 4.69) is 26.1 Å². The van der Waals surface area contributed by atoms with Crippen LogP contribution in [0.4, 0.5) is 17.1 Å². The number of nitrogens with one attached hydrogen (secondary N) is 1. The molecular weight excluding hydrogens is 262 g/mol. The summed E-state index contributed by atoms with van der Waals surface area (Å²) in [7, 11) is 0. The Hall–Kier alpha value is -2.49. The number of hydrogen-bond acceptors (Lipinski definition) is 3. The van der Waals surface area contributed by atoms with Gasteiger partial charge in [0, 0.05) is 22.6 Å². The maximum atomic E-state index is 12.4. The van der Waals surface area contributed by atoms with E-state index in [0.29, 0.717) is 16.9 Å². The highest BCUT2D eigenvalue weighted by atomic mass is 16.1. The van der Waals surface area contributed by atoms with Gasteiger partial charge in [0.1, 0.15) is 0 Å². The highest BCUT2D eigenvalue weighted by Crippen LogP contribution is 2.29. The Bertz CT molecular complexity index is 652. The largest absolute Gasteiger partial charge is 0.399 e. The minimum absolute atomic E-state index is 0.0569. The van der Waals surface area contributed by atoms with Gasteiger partial charge in [-0.1, -0.05) is 39.0 Å². The Morgan fingerprint density at radius 3 is 2.14 bits per heavy atom. The SMILES string of the molecule is CC(C)(C)c1ccccc1NC(=O)c1cc(N)cc(N)c1. The number of hydrogen-bond donors (Lipinski definition) is 3. The van der Waals surface area contributed by atoms with Crippen LogP contribution in [0.1, 0.15) is 36.7 Å². The van der Waals surface area contributed by atoms with Gasteiger partial charge in [0.2, 0.25) is 0 Å². The lowest BCUT2D eigenvalue weighted by Gasteiger charge is -2.23. The molecule has 2 aromatic carbocycles. The van der Waals surface area contributed by atoms with E-state index in [1.54, 1.807) is 18.2 Å². The molecule has 5 N–H and O–H groups in total. The Balaban J connectivity index is 2.32. The zero-order chi connectivity index (χ0) is 15.6. The van der Waals surface area contributed by atoms with Crippen molar-refractivity contribution in [1.82, 2.24) is 0 Å². The Morgan fingerprint density at radius 1 is 1.00 bits per heavy atom. The number of benzene rings is 2. The van der Waals surface area contributed by atoms with Crippen molar-refractivity contribution in [2.75, 3.05) is 16.8 Å². The number of carbonyl (C=O) groups is 1. The lowest BCUT2D eigenvalue weighted by Crippen LogP contribution is -2.19. The third kappa shape index (κ3) is 3.54. The van der Waals surface area contributed by atoms with E-state index in [0.717, 1.165) is 11.3 Å². The summed E-state index contributed by atoms with van der Waals surface area (Å²) in [6.07, 6.45) is 0. The van der Waals surface area contributed by atoms with Crippen LogP contribution in [0.25, 0.3) is 0 Å². The van der Waals surface area contributed by atoms with Crippen LogP contribution < -0.4 is 16.8 Å². The van der Waals surface area contributed by atoms with Gasteiger partial charge in [-0.05, 0) is 35.2 Å². The van der Waals surface area contributed by atoms with Crippen molar-refractivity contribution in [3.63, 3.8) is 0 Å². The topological polar surface area (TPSA) is 81.1 Å². The van der Waals surface area contributed by atoms with E-state index >= 15 is 0 Å². The molecule has 0 saturated heterocycles. The average Bonchev–Trinajstić information content (AvgIpc) is 2.37. The van der Waals surface area contributed by atoms with Gasteiger partial charge in [-0.25, -0.2) is 0 Å². The minimum Gasteiger partial charge on any atom is -0.399 e. The maximum absolute atomic E-state index is 12.4. The molecule has 4 nitrogen and oxygen atoms in total. The third-order valence-corrected chi connectivity index (χ3v) is 3.22. The summed E-state index contributed by atoms with van der Waals surface area (Å²) in [6, 6.07) is 12.6.